The Balaban J connectivity index is 2.24. The highest BCUT2D eigenvalue weighted by atomic mass is 79.9. The fourth-order valence-corrected chi connectivity index (χ4v) is 6.16. The smallest absolute Gasteiger partial charge is 0.207 e. The number of halogens is 4. The molecule has 0 saturated carbocycles. The van der Waals surface area contributed by atoms with E-state index in [1.165, 1.54) is 32.9 Å². The van der Waals surface area contributed by atoms with Gasteiger partial charge in [-0.05, 0) is 48.5 Å². The third-order valence-corrected chi connectivity index (χ3v) is 9.26. The van der Waals surface area contributed by atoms with E-state index in [2.05, 4.69) is 31.9 Å². The standard InChI is InChI=1S/C24H26Br2F2N2O4S2/c25-15-1-3-17-29(35(31,32)23-11-7-21(27)8-12-23)19-5-6-20-30(18-4-2-16-26)36(33,34)24-13-9-22(28)10-14-24/h1-14H,15-20H2/b3-1+,4-2+,6-5+. The first-order valence-electron chi connectivity index (χ1n) is 10.7. The Morgan fingerprint density at radius 1 is 0.556 bits per heavy atom. The van der Waals surface area contributed by atoms with Gasteiger partial charge in [0.2, 0.25) is 20.0 Å². The zero-order valence-electron chi connectivity index (χ0n) is 19.2. The molecule has 0 fully saturated rings. The molecule has 0 unspecified atom stereocenters. The molecule has 2 aromatic carbocycles. The Kier molecular flexibility index (Phi) is 12.6. The maximum Gasteiger partial charge on any atom is 0.243 e. The van der Waals surface area contributed by atoms with Crippen molar-refractivity contribution in [3.05, 3.63) is 96.6 Å². The van der Waals surface area contributed by atoms with Crippen molar-refractivity contribution in [2.24, 2.45) is 0 Å². The van der Waals surface area contributed by atoms with Crippen molar-refractivity contribution in [1.29, 1.82) is 0 Å². The molecule has 0 heterocycles. The number of nitrogens with zero attached hydrogens (tertiary/aromatic N) is 2. The fraction of sp³-hybridized carbons (Fsp3) is 0.250. The van der Waals surface area contributed by atoms with Gasteiger partial charge in [-0.25, -0.2) is 25.6 Å². The highest BCUT2D eigenvalue weighted by molar-refractivity contribution is 9.09. The minimum atomic E-state index is -3.93. The van der Waals surface area contributed by atoms with E-state index in [-0.39, 0.29) is 36.0 Å². The van der Waals surface area contributed by atoms with Gasteiger partial charge in [-0.2, -0.15) is 8.61 Å². The summed E-state index contributed by atoms with van der Waals surface area (Å²) in [6.07, 6.45) is 9.99. The van der Waals surface area contributed by atoms with Crippen LogP contribution in [0.5, 0.6) is 0 Å². The lowest BCUT2D eigenvalue weighted by Gasteiger charge is -2.21. The summed E-state index contributed by atoms with van der Waals surface area (Å²) in [6.45, 7) is 0.0739. The van der Waals surface area contributed by atoms with E-state index in [0.29, 0.717) is 10.7 Å². The summed E-state index contributed by atoms with van der Waals surface area (Å²) >= 11 is 6.50. The Labute approximate surface area is 228 Å². The van der Waals surface area contributed by atoms with Crippen molar-refractivity contribution >= 4 is 51.9 Å². The third-order valence-electron chi connectivity index (χ3n) is 4.82. The first-order valence-corrected chi connectivity index (χ1v) is 15.8. The molecule has 0 saturated heterocycles. The van der Waals surface area contributed by atoms with Crippen LogP contribution in [0.2, 0.25) is 0 Å². The summed E-state index contributed by atoms with van der Waals surface area (Å²) in [7, 11) is -7.85. The van der Waals surface area contributed by atoms with Crippen LogP contribution in [0.1, 0.15) is 0 Å². The van der Waals surface area contributed by atoms with E-state index in [1.54, 1.807) is 36.5 Å². The average Bonchev–Trinajstić information content (AvgIpc) is 2.84. The molecule has 0 aliphatic carbocycles. The van der Waals surface area contributed by atoms with Crippen LogP contribution >= 0.6 is 31.9 Å². The number of rotatable bonds is 14. The number of hydrogen-bond acceptors (Lipinski definition) is 4. The number of hydrogen-bond donors (Lipinski definition) is 0. The van der Waals surface area contributed by atoms with Gasteiger partial charge in [0.15, 0.2) is 0 Å². The van der Waals surface area contributed by atoms with Crippen LogP contribution in [0.15, 0.2) is 94.8 Å². The first kappa shape index (κ1) is 30.5. The molecule has 196 valence electrons. The van der Waals surface area contributed by atoms with E-state index in [9.17, 15) is 25.6 Å². The lowest BCUT2D eigenvalue weighted by atomic mass is 10.4. The second-order valence-corrected chi connectivity index (χ2v) is 12.4. The summed E-state index contributed by atoms with van der Waals surface area (Å²) in [5.74, 6) is -1.09. The van der Waals surface area contributed by atoms with Gasteiger partial charge in [-0.3, -0.25) is 0 Å². The van der Waals surface area contributed by atoms with E-state index in [1.807, 2.05) is 0 Å². The molecule has 0 spiro atoms. The molecule has 0 atom stereocenters. The van der Waals surface area contributed by atoms with Crippen LogP contribution in [0, 0.1) is 11.6 Å². The molecule has 12 heteroatoms. The number of benzene rings is 2. The van der Waals surface area contributed by atoms with Crippen molar-refractivity contribution in [3.63, 3.8) is 0 Å². The van der Waals surface area contributed by atoms with Gasteiger partial charge >= 0.3 is 0 Å². The SMILES string of the molecule is O=S(=O)(c1ccc(F)cc1)N(C/C=C/CBr)C/C=C/CN(C/C=C/CBr)S(=O)(=O)c1ccc(F)cc1. The van der Waals surface area contributed by atoms with Crippen molar-refractivity contribution in [1.82, 2.24) is 8.61 Å². The van der Waals surface area contributed by atoms with Crippen LogP contribution in [-0.4, -0.2) is 62.3 Å². The third kappa shape index (κ3) is 9.00. The molecular formula is C24H26Br2F2N2O4S2. The minimum Gasteiger partial charge on any atom is -0.207 e. The van der Waals surface area contributed by atoms with Crippen molar-refractivity contribution in [3.8, 4) is 0 Å². The Morgan fingerprint density at radius 2 is 0.833 bits per heavy atom. The van der Waals surface area contributed by atoms with Crippen LogP contribution in [-0.2, 0) is 20.0 Å². The van der Waals surface area contributed by atoms with Crippen LogP contribution in [0.25, 0.3) is 0 Å². The molecule has 0 amide bonds. The maximum atomic E-state index is 13.3. The Hall–Kier alpha value is -1.70. The van der Waals surface area contributed by atoms with Gasteiger partial charge in [-0.15, -0.1) is 0 Å². The lowest BCUT2D eigenvalue weighted by Crippen LogP contribution is -2.33. The number of sulfonamides is 2. The number of allylic oxidation sites excluding steroid dienone is 2. The number of alkyl halides is 2. The van der Waals surface area contributed by atoms with Gasteiger partial charge in [0.1, 0.15) is 11.6 Å². The van der Waals surface area contributed by atoms with E-state index < -0.39 is 31.7 Å². The minimum absolute atomic E-state index is 0.0337. The normalized spacial score (nSPS) is 13.2. The van der Waals surface area contributed by atoms with Crippen molar-refractivity contribution in [2.45, 2.75) is 9.79 Å². The molecule has 2 aromatic rings. The van der Waals surface area contributed by atoms with Gasteiger partial charge in [0.05, 0.1) is 9.79 Å². The monoisotopic (exact) mass is 666 g/mol. The first-order chi connectivity index (χ1) is 17.1. The second-order valence-electron chi connectivity index (χ2n) is 7.27. The molecule has 0 bridgehead atoms. The highest BCUT2D eigenvalue weighted by Crippen LogP contribution is 2.18. The second kappa shape index (κ2) is 14.9. The lowest BCUT2D eigenvalue weighted by molar-refractivity contribution is 0.465. The molecule has 0 N–H and O–H groups in total. The van der Waals surface area contributed by atoms with Crippen LogP contribution in [0.3, 0.4) is 0 Å². The average molecular weight is 668 g/mol. The molecule has 6 nitrogen and oxygen atoms in total. The molecule has 0 aliphatic heterocycles. The van der Waals surface area contributed by atoms with Crippen molar-refractivity contribution < 1.29 is 25.6 Å². The summed E-state index contributed by atoms with van der Waals surface area (Å²) in [5, 5.41) is 1.09. The fourth-order valence-electron chi connectivity index (χ4n) is 2.95. The molecule has 0 aliphatic rings. The molecule has 0 aromatic heterocycles. The summed E-state index contributed by atoms with van der Waals surface area (Å²) in [4.78, 5) is -0.102. The molecule has 2 rings (SSSR count). The van der Waals surface area contributed by atoms with Crippen LogP contribution in [0.4, 0.5) is 8.78 Å². The van der Waals surface area contributed by atoms with E-state index in [0.717, 1.165) is 24.3 Å². The van der Waals surface area contributed by atoms with E-state index in [4.69, 9.17) is 0 Å². The molecule has 0 radical (unpaired) electrons. The van der Waals surface area contributed by atoms with Gasteiger partial charge < -0.3 is 0 Å². The van der Waals surface area contributed by atoms with Crippen molar-refractivity contribution in [2.75, 3.05) is 36.8 Å². The topological polar surface area (TPSA) is 74.8 Å². The zero-order chi connectivity index (χ0) is 26.6. The molecular weight excluding hydrogens is 642 g/mol. The van der Waals surface area contributed by atoms with Gasteiger partial charge in [0.25, 0.3) is 0 Å². The molecule has 36 heavy (non-hydrogen) atoms. The zero-order valence-corrected chi connectivity index (χ0v) is 24.0. The highest BCUT2D eigenvalue weighted by Gasteiger charge is 2.24. The van der Waals surface area contributed by atoms with Gasteiger partial charge in [-0.1, -0.05) is 68.3 Å². The summed E-state index contributed by atoms with van der Waals surface area (Å²) in [6, 6.07) is 9.10. The summed E-state index contributed by atoms with van der Waals surface area (Å²) in [5.41, 5.74) is 0. The Morgan fingerprint density at radius 3 is 1.11 bits per heavy atom. The predicted octanol–water partition coefficient (Wildman–Crippen LogP) is 5.10. The largest absolute Gasteiger partial charge is 0.243 e. The van der Waals surface area contributed by atoms with Crippen LogP contribution < -0.4 is 0 Å². The maximum absolute atomic E-state index is 13.3. The van der Waals surface area contributed by atoms with E-state index >= 15 is 0 Å². The summed E-state index contributed by atoms with van der Waals surface area (Å²) < 4.78 is 81.3. The quantitative estimate of drug-likeness (QED) is 0.208. The predicted molar refractivity (Wildman–Crippen MR) is 145 cm³/mol. The van der Waals surface area contributed by atoms with Gasteiger partial charge in [0, 0.05) is 36.8 Å². The Bertz CT molecular complexity index is 1170.